The molecule has 0 spiro atoms. The first-order chi connectivity index (χ1) is 34.2. The number of amides is 2. The summed E-state index contributed by atoms with van der Waals surface area (Å²) in [7, 11) is 0. The Labute approximate surface area is 427 Å². The number of amidine groups is 2. The van der Waals surface area contributed by atoms with Crippen LogP contribution in [0.1, 0.15) is 94.8 Å². The third kappa shape index (κ3) is 19.8. The molecule has 0 heterocycles. The lowest BCUT2D eigenvalue weighted by Gasteiger charge is -2.22. The number of thioether (sulfide) groups is 2. The highest BCUT2D eigenvalue weighted by Crippen LogP contribution is 2.39. The molecular formula is C46H71N17O7S2. The monoisotopic (exact) mass is 1040 g/mol. The van der Waals surface area contributed by atoms with Gasteiger partial charge in [-0.05, 0) is 95.8 Å². The molecule has 72 heavy (non-hydrogen) atoms. The van der Waals surface area contributed by atoms with Gasteiger partial charge < -0.3 is 86.2 Å². The normalized spacial score (nSPS) is 11.8. The van der Waals surface area contributed by atoms with E-state index in [1.54, 1.807) is 27.7 Å². The summed E-state index contributed by atoms with van der Waals surface area (Å²) in [5.41, 5.74) is 42.0. The molecule has 24 nitrogen and oxygen atoms in total. The Morgan fingerprint density at radius 2 is 0.931 bits per heavy atom. The van der Waals surface area contributed by atoms with Gasteiger partial charge in [0.1, 0.15) is 24.0 Å². The van der Waals surface area contributed by atoms with Crippen molar-refractivity contribution in [1.82, 2.24) is 10.6 Å². The van der Waals surface area contributed by atoms with E-state index in [9.17, 15) is 19.2 Å². The van der Waals surface area contributed by atoms with Crippen molar-refractivity contribution in [2.45, 2.75) is 87.5 Å². The van der Waals surface area contributed by atoms with Crippen molar-refractivity contribution in [1.29, 1.82) is 21.6 Å². The fourth-order valence-electron chi connectivity index (χ4n) is 6.43. The number of guanidine groups is 2. The van der Waals surface area contributed by atoms with E-state index in [0.717, 1.165) is 0 Å². The highest BCUT2D eigenvalue weighted by molar-refractivity contribution is 7.99. The van der Waals surface area contributed by atoms with Crippen molar-refractivity contribution in [2.24, 2.45) is 40.1 Å². The molecule has 3 aromatic rings. The van der Waals surface area contributed by atoms with Gasteiger partial charge >= 0.3 is 11.9 Å². The Balaban J connectivity index is 2.15. The van der Waals surface area contributed by atoms with Crippen molar-refractivity contribution in [2.75, 3.05) is 72.1 Å². The number of hydrogen-bond donors (Lipinski definition) is 17. The Kier molecular flexibility index (Phi) is 25.1. The third-order valence-electron chi connectivity index (χ3n) is 9.67. The Morgan fingerprint density at radius 1 is 0.556 bits per heavy atom. The maximum absolute atomic E-state index is 14.5. The van der Waals surface area contributed by atoms with Crippen molar-refractivity contribution < 1.29 is 33.4 Å². The van der Waals surface area contributed by atoms with Gasteiger partial charge in [0.2, 0.25) is 0 Å². The number of carbonyl (C=O) groups excluding carboxylic acids is 4. The van der Waals surface area contributed by atoms with Crippen LogP contribution in [0.2, 0.25) is 0 Å². The maximum Gasteiger partial charge on any atom is 0.338 e. The topological polar surface area (TPSA) is 446 Å². The number of ether oxygens (including phenoxy) is 3. The molecule has 394 valence electrons. The standard InChI is InChI=1S/C46H71N17O7S2/c1-24(2)69-43(66)28-20-33(60-39(52)31(50)7-5-12-58-45(54)55)37(71-15-10-48)35(22-28)62-41(64)26-17-27(19-30(18-26)68-14-9-47)42(65)63-36-23-29(44(67)70-25(3)4)21-34(38(36)72-16-11-49)61-40(53)32(51)8-6-13-59-46(56)57/h17-25,31-32H,5-16,47-51H2,1-4H3,(H2,52,60)(H2,53,61)(H,62,64)(H,63,65)(H4,54,55,58)(H4,56,57,59)/t31-,32-/m1/s1. The van der Waals surface area contributed by atoms with E-state index in [-0.39, 0.29) is 101 Å². The molecule has 0 saturated carbocycles. The van der Waals surface area contributed by atoms with Crippen molar-refractivity contribution in [3.8, 4) is 5.75 Å². The minimum absolute atomic E-state index is 0.0264. The lowest BCUT2D eigenvalue weighted by atomic mass is 10.1. The fraction of sp³-hybridized carbons (Fsp3) is 0.435. The van der Waals surface area contributed by atoms with E-state index >= 15 is 0 Å². The smallest absolute Gasteiger partial charge is 0.338 e. The van der Waals surface area contributed by atoms with Gasteiger partial charge in [-0.25, -0.2) is 9.59 Å². The first kappa shape index (κ1) is 59.6. The van der Waals surface area contributed by atoms with Gasteiger partial charge in [-0.1, -0.05) is 0 Å². The van der Waals surface area contributed by atoms with Gasteiger partial charge in [-0.15, -0.1) is 23.5 Å². The number of nitrogens with two attached hydrogens (primary N) is 7. The Hall–Kier alpha value is -6.68. The van der Waals surface area contributed by atoms with Gasteiger partial charge in [0, 0.05) is 55.4 Å². The number of benzene rings is 3. The van der Waals surface area contributed by atoms with Crippen molar-refractivity contribution in [3.05, 3.63) is 64.7 Å². The molecule has 0 aliphatic carbocycles. The highest BCUT2D eigenvalue weighted by atomic mass is 32.2. The summed E-state index contributed by atoms with van der Waals surface area (Å²) < 4.78 is 16.9. The molecular weight excluding hydrogens is 967 g/mol. The molecule has 0 aliphatic rings. The average Bonchev–Trinajstić information content (AvgIpc) is 3.31. The summed E-state index contributed by atoms with van der Waals surface area (Å²) in [6.07, 6.45) is 0.693. The second kappa shape index (κ2) is 30.3. The molecule has 0 aliphatic heterocycles. The summed E-state index contributed by atoms with van der Waals surface area (Å²) in [6.45, 7) is 8.07. The number of esters is 2. The lowest BCUT2D eigenvalue weighted by molar-refractivity contribution is 0.0367. The molecule has 3 aromatic carbocycles. The number of rotatable bonds is 29. The van der Waals surface area contributed by atoms with Crippen LogP contribution in [0.4, 0.5) is 22.7 Å². The lowest BCUT2D eigenvalue weighted by Crippen LogP contribution is -2.37. The average molecular weight is 1040 g/mol. The zero-order chi connectivity index (χ0) is 53.5. The molecule has 2 atom stereocenters. The molecule has 0 radical (unpaired) electrons. The van der Waals surface area contributed by atoms with Gasteiger partial charge in [0.05, 0.1) is 68.0 Å². The van der Waals surface area contributed by atoms with Crippen LogP contribution < -0.4 is 76.8 Å². The summed E-state index contributed by atoms with van der Waals surface area (Å²) in [5.74, 6) is -2.58. The molecule has 0 fully saturated rings. The summed E-state index contributed by atoms with van der Waals surface area (Å²) >= 11 is 2.50. The second-order valence-corrected chi connectivity index (χ2v) is 18.7. The summed E-state index contributed by atoms with van der Waals surface area (Å²) in [4.78, 5) is 56.6. The highest BCUT2D eigenvalue weighted by Gasteiger charge is 2.25. The molecule has 0 bridgehead atoms. The number of anilines is 4. The van der Waals surface area contributed by atoms with Crippen LogP contribution in [0.3, 0.4) is 0 Å². The maximum atomic E-state index is 14.5. The fourth-order valence-corrected chi connectivity index (χ4v) is 8.13. The van der Waals surface area contributed by atoms with Gasteiger partial charge in [-0.3, -0.25) is 31.2 Å². The van der Waals surface area contributed by atoms with Crippen LogP contribution in [0, 0.1) is 21.6 Å². The van der Waals surface area contributed by atoms with Gasteiger partial charge in [0.15, 0.2) is 11.9 Å². The van der Waals surface area contributed by atoms with E-state index in [0.29, 0.717) is 60.1 Å². The van der Waals surface area contributed by atoms with E-state index < -0.39 is 48.0 Å². The Bertz CT molecular complexity index is 2250. The van der Waals surface area contributed by atoms with E-state index in [1.807, 2.05) is 0 Å². The molecule has 0 unspecified atom stereocenters. The van der Waals surface area contributed by atoms with Crippen LogP contribution in [-0.2, 0) is 9.47 Å². The Morgan fingerprint density at radius 3 is 1.26 bits per heavy atom. The largest absolute Gasteiger partial charge is 0.492 e. The van der Waals surface area contributed by atoms with Crippen LogP contribution in [0.15, 0.2) is 52.3 Å². The van der Waals surface area contributed by atoms with E-state index in [1.165, 1.54) is 66.0 Å². The SMILES string of the molecule is CC(C)OC(=O)c1cc(NC(=N)[C@H](N)CCCNC(=N)N)c(SCCN)c(NC(=O)c2cc(OCCN)cc(C(=O)Nc3cc(C(=O)OC(C)C)cc(NC(=N)[C@H](N)CCCNC(=N)N)c3SCCN)c2)c1. The first-order valence-corrected chi connectivity index (χ1v) is 25.1. The van der Waals surface area contributed by atoms with Crippen molar-refractivity contribution >= 4 is 93.6 Å². The molecule has 2 amide bonds. The van der Waals surface area contributed by atoms with Gasteiger partial charge in [-0.2, -0.15) is 0 Å². The number of hydrogen-bond acceptors (Lipinski definition) is 18. The summed E-state index contributed by atoms with van der Waals surface area (Å²) in [6, 6.07) is 8.46. The van der Waals surface area contributed by atoms with E-state index in [4.69, 9.17) is 76.0 Å². The first-order valence-electron chi connectivity index (χ1n) is 23.1. The predicted molar refractivity (Wildman–Crippen MR) is 287 cm³/mol. The minimum Gasteiger partial charge on any atom is -0.492 e. The van der Waals surface area contributed by atoms with Gasteiger partial charge in [0.25, 0.3) is 11.8 Å². The zero-order valence-electron chi connectivity index (χ0n) is 41.1. The quantitative estimate of drug-likeness (QED) is 0.0156. The predicted octanol–water partition coefficient (Wildman–Crippen LogP) is 2.72. The molecule has 0 aromatic heterocycles. The molecule has 3 rings (SSSR count). The van der Waals surface area contributed by atoms with Crippen molar-refractivity contribution in [3.63, 3.8) is 0 Å². The molecule has 24 N–H and O–H groups in total. The molecule has 26 heteroatoms. The second-order valence-electron chi connectivity index (χ2n) is 16.5. The molecule has 0 saturated heterocycles. The minimum atomic E-state index is -0.782. The number of nitrogens with one attached hydrogen (secondary N) is 10. The van der Waals surface area contributed by atoms with Crippen LogP contribution >= 0.6 is 23.5 Å². The number of carbonyl (C=O) groups is 4. The zero-order valence-corrected chi connectivity index (χ0v) is 42.7. The van der Waals surface area contributed by atoms with Crippen LogP contribution in [0.5, 0.6) is 5.75 Å². The van der Waals surface area contributed by atoms with E-state index in [2.05, 4.69) is 31.9 Å². The van der Waals surface area contributed by atoms with Crippen LogP contribution in [0.25, 0.3) is 0 Å². The summed E-state index contributed by atoms with van der Waals surface area (Å²) in [5, 5.41) is 49.6. The third-order valence-corrected chi connectivity index (χ3v) is 12.0. The van der Waals surface area contributed by atoms with Crippen LogP contribution in [-0.4, -0.2) is 122 Å².